The van der Waals surface area contributed by atoms with Gasteiger partial charge in [-0.15, -0.1) is 0 Å². The molecule has 0 bridgehead atoms. The monoisotopic (exact) mass is 525 g/mol. The van der Waals surface area contributed by atoms with Crippen LogP contribution in [0.25, 0.3) is 0 Å². The van der Waals surface area contributed by atoms with E-state index >= 15 is 0 Å². The second-order valence-corrected chi connectivity index (χ2v) is 9.87. The van der Waals surface area contributed by atoms with Gasteiger partial charge in [-0.05, 0) is 57.1 Å². The molecule has 2 atom stereocenters. The number of anilines is 1. The van der Waals surface area contributed by atoms with Crippen LogP contribution in [0.15, 0.2) is 53.5 Å². The van der Waals surface area contributed by atoms with Crippen molar-refractivity contribution < 1.29 is 9.59 Å². The molecule has 1 N–H and O–H groups in total. The first-order chi connectivity index (χ1) is 17.3. The number of carbonyl (C=O) groups is 2. The Morgan fingerprint density at radius 2 is 1.92 bits per heavy atom. The molecule has 0 saturated carbocycles. The van der Waals surface area contributed by atoms with E-state index in [2.05, 4.69) is 5.32 Å². The number of halogens is 1. The number of thiocarbonyl (C=S) groups is 1. The number of carbonyl (C=O) groups excluding carboxylic acids is 2. The van der Waals surface area contributed by atoms with Gasteiger partial charge in [0.15, 0.2) is 5.11 Å². The van der Waals surface area contributed by atoms with Gasteiger partial charge in [-0.1, -0.05) is 41.9 Å². The number of hydrogen-bond donors (Lipinski definition) is 1. The van der Waals surface area contributed by atoms with Crippen LogP contribution < -0.4 is 10.2 Å². The summed E-state index contributed by atoms with van der Waals surface area (Å²) in [5, 5.41) is 4.19. The fraction of sp³-hybridized carbons (Fsp3) is 0.407. The van der Waals surface area contributed by atoms with E-state index in [1.807, 2.05) is 66.1 Å². The number of benzodiazepines with no additional fused rings is 1. The van der Waals surface area contributed by atoms with Crippen molar-refractivity contribution in [2.75, 3.05) is 38.1 Å². The van der Waals surface area contributed by atoms with E-state index in [9.17, 15) is 9.59 Å². The van der Waals surface area contributed by atoms with Gasteiger partial charge in [-0.3, -0.25) is 9.59 Å². The average molecular weight is 526 g/mol. The molecule has 2 aromatic carbocycles. The molecule has 0 aromatic heterocycles. The van der Waals surface area contributed by atoms with E-state index in [1.165, 1.54) is 0 Å². The van der Waals surface area contributed by atoms with Crippen molar-refractivity contribution in [1.82, 2.24) is 15.1 Å². The lowest BCUT2D eigenvalue weighted by molar-refractivity contribution is -0.136. The molecule has 9 heteroatoms. The number of benzene rings is 2. The number of fused-ring (bicyclic) bond motifs is 1. The highest BCUT2D eigenvalue weighted by molar-refractivity contribution is 7.80. The first-order valence-corrected chi connectivity index (χ1v) is 13.2. The van der Waals surface area contributed by atoms with Crippen LogP contribution >= 0.6 is 23.8 Å². The molecule has 1 fully saturated rings. The van der Waals surface area contributed by atoms with Crippen molar-refractivity contribution in [2.45, 2.75) is 32.9 Å². The lowest BCUT2D eigenvalue weighted by Crippen LogP contribution is -2.54. The number of likely N-dealkylation sites (N-methyl/N-ethyl adjacent to an activating group) is 1. The Bertz CT molecular complexity index is 1170. The molecule has 4 rings (SSSR count). The van der Waals surface area contributed by atoms with Crippen LogP contribution in [0.4, 0.5) is 5.69 Å². The summed E-state index contributed by atoms with van der Waals surface area (Å²) in [5.74, 6) is -0.171. The Kier molecular flexibility index (Phi) is 8.26. The SMILES string of the molecule is CCN(CC)C(=O)C1CCCN(C(=S)NC2N=C(c3ccccc3)c3cc(Cl)ccc3N(C)C2=O)C1. The molecule has 2 amide bonds. The normalized spacial score (nSPS) is 19.8. The molecule has 36 heavy (non-hydrogen) atoms. The van der Waals surface area contributed by atoms with Crippen molar-refractivity contribution >= 4 is 52.1 Å². The second-order valence-electron chi connectivity index (χ2n) is 9.05. The summed E-state index contributed by atoms with van der Waals surface area (Å²) in [5.41, 5.74) is 3.05. The molecule has 0 radical (unpaired) electrons. The van der Waals surface area contributed by atoms with Crippen molar-refractivity contribution in [1.29, 1.82) is 0 Å². The van der Waals surface area contributed by atoms with Crippen LogP contribution in [-0.4, -0.2) is 71.8 Å². The zero-order valence-electron chi connectivity index (χ0n) is 20.9. The summed E-state index contributed by atoms with van der Waals surface area (Å²) in [6, 6.07) is 15.2. The molecule has 2 aromatic rings. The fourth-order valence-corrected chi connectivity index (χ4v) is 5.28. The van der Waals surface area contributed by atoms with Gasteiger partial charge in [-0.25, -0.2) is 4.99 Å². The van der Waals surface area contributed by atoms with Gasteiger partial charge in [0.1, 0.15) is 0 Å². The lowest BCUT2D eigenvalue weighted by atomic mass is 9.96. The van der Waals surface area contributed by atoms with Crippen molar-refractivity contribution in [3.8, 4) is 0 Å². The zero-order valence-corrected chi connectivity index (χ0v) is 22.5. The second kappa shape index (κ2) is 11.4. The Balaban J connectivity index is 1.61. The summed E-state index contributed by atoms with van der Waals surface area (Å²) >= 11 is 12.1. The number of rotatable bonds is 5. The summed E-state index contributed by atoms with van der Waals surface area (Å²) in [7, 11) is 1.73. The number of aliphatic imine (C=N–C) groups is 1. The van der Waals surface area contributed by atoms with E-state index in [0.29, 0.717) is 35.5 Å². The molecule has 2 aliphatic rings. The fourth-order valence-electron chi connectivity index (χ4n) is 4.83. The highest BCUT2D eigenvalue weighted by Crippen LogP contribution is 2.30. The third-order valence-corrected chi connectivity index (χ3v) is 7.45. The summed E-state index contributed by atoms with van der Waals surface area (Å²) < 4.78 is 0. The molecule has 0 aliphatic carbocycles. The Hall–Kier alpha value is -2.97. The molecular formula is C27H32ClN5O2S. The smallest absolute Gasteiger partial charge is 0.272 e. The predicted octanol–water partition coefficient (Wildman–Crippen LogP) is 3.93. The molecule has 190 valence electrons. The Morgan fingerprint density at radius 1 is 1.19 bits per heavy atom. The van der Waals surface area contributed by atoms with Crippen molar-refractivity contribution in [2.24, 2.45) is 10.9 Å². The molecule has 7 nitrogen and oxygen atoms in total. The van der Waals surface area contributed by atoms with Crippen LogP contribution in [0.1, 0.15) is 37.8 Å². The minimum atomic E-state index is -0.914. The van der Waals surface area contributed by atoms with Crippen LogP contribution in [-0.2, 0) is 9.59 Å². The summed E-state index contributed by atoms with van der Waals surface area (Å²) in [6.45, 7) is 6.64. The third kappa shape index (κ3) is 5.39. The Morgan fingerprint density at radius 3 is 2.61 bits per heavy atom. The molecule has 0 spiro atoms. The largest absolute Gasteiger partial charge is 0.348 e. The van der Waals surface area contributed by atoms with Gasteiger partial charge in [0, 0.05) is 49.4 Å². The van der Waals surface area contributed by atoms with Gasteiger partial charge in [-0.2, -0.15) is 0 Å². The lowest BCUT2D eigenvalue weighted by Gasteiger charge is -2.36. The van der Waals surface area contributed by atoms with Gasteiger partial charge in [0.2, 0.25) is 12.1 Å². The Labute approximate surface area is 223 Å². The van der Waals surface area contributed by atoms with Crippen LogP contribution in [0.2, 0.25) is 5.02 Å². The number of nitrogens with zero attached hydrogens (tertiary/aromatic N) is 4. The molecule has 2 heterocycles. The standard InChI is InChI=1S/C27H32ClN5O2S/c1-4-32(5-2)25(34)19-12-9-15-33(17-19)27(36)30-24-26(35)31(3)22-14-13-20(28)16-21(22)23(29-24)18-10-7-6-8-11-18/h6-8,10-11,13-14,16,19,24H,4-5,9,12,15,17H2,1-3H3,(H,30,36). The summed E-state index contributed by atoms with van der Waals surface area (Å²) in [4.78, 5) is 36.8. The molecule has 1 saturated heterocycles. The van der Waals surface area contributed by atoms with Crippen molar-refractivity contribution in [3.05, 3.63) is 64.7 Å². The summed E-state index contributed by atoms with van der Waals surface area (Å²) in [6.07, 6.45) is 0.787. The van der Waals surface area contributed by atoms with Crippen LogP contribution in [0.3, 0.4) is 0 Å². The van der Waals surface area contributed by atoms with Crippen LogP contribution in [0, 0.1) is 5.92 Å². The number of likely N-dealkylation sites (tertiary alicyclic amines) is 1. The number of hydrogen-bond acceptors (Lipinski definition) is 4. The number of piperidine rings is 1. The zero-order chi connectivity index (χ0) is 25.8. The molecular weight excluding hydrogens is 494 g/mol. The van der Waals surface area contributed by atoms with Gasteiger partial charge < -0.3 is 20.0 Å². The van der Waals surface area contributed by atoms with E-state index in [0.717, 1.165) is 36.2 Å². The highest BCUT2D eigenvalue weighted by atomic mass is 35.5. The first-order valence-electron chi connectivity index (χ1n) is 12.4. The minimum Gasteiger partial charge on any atom is -0.348 e. The maximum atomic E-state index is 13.5. The highest BCUT2D eigenvalue weighted by Gasteiger charge is 2.33. The van der Waals surface area contributed by atoms with Crippen LogP contribution in [0.5, 0.6) is 0 Å². The van der Waals surface area contributed by atoms with E-state index in [1.54, 1.807) is 18.0 Å². The van der Waals surface area contributed by atoms with E-state index in [-0.39, 0.29) is 17.7 Å². The quantitative estimate of drug-likeness (QED) is 0.599. The maximum absolute atomic E-state index is 13.5. The maximum Gasteiger partial charge on any atom is 0.272 e. The number of nitrogens with one attached hydrogen (secondary N) is 1. The van der Waals surface area contributed by atoms with Gasteiger partial charge >= 0.3 is 0 Å². The van der Waals surface area contributed by atoms with E-state index in [4.69, 9.17) is 28.8 Å². The number of amides is 2. The topological polar surface area (TPSA) is 68.2 Å². The van der Waals surface area contributed by atoms with Gasteiger partial charge in [0.05, 0.1) is 17.3 Å². The average Bonchev–Trinajstić information content (AvgIpc) is 3.00. The molecule has 2 unspecified atom stereocenters. The van der Waals surface area contributed by atoms with Crippen molar-refractivity contribution in [3.63, 3.8) is 0 Å². The van der Waals surface area contributed by atoms with E-state index < -0.39 is 6.17 Å². The predicted molar refractivity (Wildman–Crippen MR) is 149 cm³/mol. The van der Waals surface area contributed by atoms with Gasteiger partial charge in [0.25, 0.3) is 5.91 Å². The molecule has 2 aliphatic heterocycles. The minimum absolute atomic E-state index is 0.110. The first kappa shape index (κ1) is 26.1. The third-order valence-electron chi connectivity index (χ3n) is 6.84.